The number of benzene rings is 1. The average Bonchev–Trinajstić information content (AvgIpc) is 2.61. The zero-order valence-electron chi connectivity index (χ0n) is 14.1. The predicted molar refractivity (Wildman–Crippen MR) is 95.8 cm³/mol. The van der Waals surface area contributed by atoms with Crippen molar-refractivity contribution in [3.05, 3.63) is 70.4 Å². The van der Waals surface area contributed by atoms with E-state index in [-0.39, 0.29) is 11.5 Å². The molecular formula is C18H15ClF3N3O2. The third kappa shape index (κ3) is 4.06. The Hall–Kier alpha value is -2.58. The summed E-state index contributed by atoms with van der Waals surface area (Å²) in [5.41, 5.74) is -0.294. The molecule has 3 rings (SSSR count). The van der Waals surface area contributed by atoms with Crippen LogP contribution in [0.3, 0.4) is 0 Å². The van der Waals surface area contributed by atoms with Crippen molar-refractivity contribution in [1.82, 2.24) is 15.3 Å². The van der Waals surface area contributed by atoms with Crippen LogP contribution in [0.25, 0.3) is 16.8 Å². The van der Waals surface area contributed by atoms with Crippen molar-refractivity contribution in [2.75, 3.05) is 6.61 Å². The molecule has 5 nitrogen and oxygen atoms in total. The molecule has 1 atom stereocenters. The second kappa shape index (κ2) is 7.21. The number of rotatable bonds is 4. The topological polar surface area (TPSA) is 67.0 Å². The summed E-state index contributed by atoms with van der Waals surface area (Å²) in [6, 6.07) is 5.61. The van der Waals surface area contributed by atoms with Crippen molar-refractivity contribution >= 4 is 17.2 Å². The maximum Gasteiger partial charge on any atom is 0.416 e. The van der Waals surface area contributed by atoms with Crippen molar-refractivity contribution in [2.24, 2.45) is 0 Å². The molecule has 2 N–H and O–H groups in total. The van der Waals surface area contributed by atoms with E-state index in [1.54, 1.807) is 25.3 Å². The van der Waals surface area contributed by atoms with Crippen LogP contribution in [0.4, 0.5) is 13.2 Å². The first kappa shape index (κ1) is 19.2. The Bertz CT molecular complexity index is 952. The fourth-order valence-electron chi connectivity index (χ4n) is 2.60. The molecule has 0 saturated heterocycles. The SMILES string of the molecule is CCOC1(Cl)NC=CC=C1c1nc(-c2ccc(C(F)(F)F)cc2)cc(=O)[nH]1. The molecule has 1 aliphatic heterocycles. The van der Waals surface area contributed by atoms with Gasteiger partial charge in [0.2, 0.25) is 5.18 Å². The molecule has 0 fully saturated rings. The van der Waals surface area contributed by atoms with E-state index < -0.39 is 22.5 Å². The summed E-state index contributed by atoms with van der Waals surface area (Å²) < 4.78 is 43.7. The maximum absolute atomic E-state index is 12.7. The van der Waals surface area contributed by atoms with E-state index in [0.29, 0.717) is 17.7 Å². The van der Waals surface area contributed by atoms with Crippen molar-refractivity contribution in [1.29, 1.82) is 0 Å². The summed E-state index contributed by atoms with van der Waals surface area (Å²) in [5, 5.41) is 1.44. The molecule has 0 radical (unpaired) electrons. The van der Waals surface area contributed by atoms with Crippen LogP contribution < -0.4 is 10.9 Å². The number of aromatic amines is 1. The molecule has 1 unspecified atom stereocenters. The number of halogens is 4. The van der Waals surface area contributed by atoms with Crippen molar-refractivity contribution in [2.45, 2.75) is 18.3 Å². The summed E-state index contributed by atoms with van der Waals surface area (Å²) in [6.07, 6.45) is 0.448. The van der Waals surface area contributed by atoms with E-state index in [1.807, 2.05) is 0 Å². The Kier molecular flexibility index (Phi) is 5.12. The van der Waals surface area contributed by atoms with Crippen LogP contribution in [0.2, 0.25) is 0 Å². The first-order valence-electron chi connectivity index (χ1n) is 8.00. The molecule has 27 heavy (non-hydrogen) atoms. The van der Waals surface area contributed by atoms with E-state index in [9.17, 15) is 18.0 Å². The fraction of sp³-hybridized carbons (Fsp3) is 0.222. The molecule has 0 spiro atoms. The van der Waals surface area contributed by atoms with Gasteiger partial charge in [0.15, 0.2) is 0 Å². The molecule has 2 aromatic rings. The zero-order valence-corrected chi connectivity index (χ0v) is 14.9. The second-order valence-corrected chi connectivity index (χ2v) is 6.20. The molecule has 9 heteroatoms. The molecule has 0 saturated carbocycles. The number of allylic oxidation sites excluding steroid dienone is 2. The normalized spacial score (nSPS) is 19.5. The van der Waals surface area contributed by atoms with Gasteiger partial charge in [-0.05, 0) is 31.2 Å². The van der Waals surface area contributed by atoms with Crippen molar-refractivity contribution < 1.29 is 17.9 Å². The van der Waals surface area contributed by atoms with Gasteiger partial charge in [-0.15, -0.1) is 0 Å². The van der Waals surface area contributed by atoms with E-state index in [4.69, 9.17) is 16.3 Å². The van der Waals surface area contributed by atoms with E-state index in [2.05, 4.69) is 15.3 Å². The second-order valence-electron chi connectivity index (χ2n) is 5.67. The number of nitrogens with zero attached hydrogens (tertiary/aromatic N) is 1. The van der Waals surface area contributed by atoms with Crippen LogP contribution in [-0.4, -0.2) is 21.8 Å². The maximum atomic E-state index is 12.7. The van der Waals surface area contributed by atoms with Gasteiger partial charge < -0.3 is 15.0 Å². The lowest BCUT2D eigenvalue weighted by atomic mass is 10.1. The number of hydrogen-bond acceptors (Lipinski definition) is 4. The van der Waals surface area contributed by atoms with Crippen molar-refractivity contribution in [3.63, 3.8) is 0 Å². The van der Waals surface area contributed by atoms with Gasteiger partial charge in [-0.1, -0.05) is 23.7 Å². The van der Waals surface area contributed by atoms with Gasteiger partial charge in [-0.25, -0.2) is 4.98 Å². The number of hydrogen-bond donors (Lipinski definition) is 2. The smallest absolute Gasteiger partial charge is 0.347 e. The first-order chi connectivity index (χ1) is 12.7. The Morgan fingerprint density at radius 3 is 2.59 bits per heavy atom. The van der Waals surface area contributed by atoms with Gasteiger partial charge in [-0.2, -0.15) is 13.2 Å². The average molecular weight is 398 g/mol. The minimum atomic E-state index is -4.44. The highest BCUT2D eigenvalue weighted by Crippen LogP contribution is 2.34. The van der Waals surface area contributed by atoms with Crippen LogP contribution in [-0.2, 0) is 10.9 Å². The first-order valence-corrected chi connectivity index (χ1v) is 8.38. The minimum Gasteiger partial charge on any atom is -0.347 e. The van der Waals surface area contributed by atoms with Gasteiger partial charge in [0.1, 0.15) is 5.82 Å². The molecule has 1 aromatic heterocycles. The van der Waals surface area contributed by atoms with Crippen LogP contribution in [0, 0.1) is 0 Å². The highest BCUT2D eigenvalue weighted by molar-refractivity contribution is 6.28. The predicted octanol–water partition coefficient (Wildman–Crippen LogP) is 3.89. The van der Waals surface area contributed by atoms with Gasteiger partial charge >= 0.3 is 6.18 Å². The molecule has 0 amide bonds. The van der Waals surface area contributed by atoms with E-state index in [1.165, 1.54) is 18.2 Å². The number of alkyl halides is 4. The van der Waals surface area contributed by atoms with E-state index >= 15 is 0 Å². The minimum absolute atomic E-state index is 0.151. The lowest BCUT2D eigenvalue weighted by Crippen LogP contribution is -2.42. The molecular weight excluding hydrogens is 383 g/mol. The molecule has 1 aromatic carbocycles. The lowest BCUT2D eigenvalue weighted by molar-refractivity contribution is -0.137. The van der Waals surface area contributed by atoms with Gasteiger partial charge in [0.05, 0.1) is 16.8 Å². The third-order valence-corrected chi connectivity index (χ3v) is 4.24. The van der Waals surface area contributed by atoms with Crippen LogP contribution in [0.15, 0.2) is 53.5 Å². The molecule has 2 heterocycles. The monoisotopic (exact) mass is 397 g/mol. The summed E-state index contributed by atoms with van der Waals surface area (Å²) in [4.78, 5) is 19.0. The Morgan fingerprint density at radius 2 is 1.96 bits per heavy atom. The van der Waals surface area contributed by atoms with Gasteiger partial charge in [0.25, 0.3) is 5.56 Å². The highest BCUT2D eigenvalue weighted by Gasteiger charge is 2.35. The molecule has 1 aliphatic rings. The molecule has 0 aliphatic carbocycles. The molecule has 0 bridgehead atoms. The Morgan fingerprint density at radius 1 is 1.26 bits per heavy atom. The number of dihydropyridines is 1. The summed E-state index contributed by atoms with van der Waals surface area (Å²) in [6.45, 7) is 2.06. The zero-order chi connectivity index (χ0) is 19.7. The molecule has 142 valence electrons. The standard InChI is InChI=1S/C18H15ClF3N3O2/c1-2-27-17(19)13(4-3-9-23-17)16-24-14(10-15(26)25-16)11-5-7-12(8-6-11)18(20,21)22/h3-10,23H,2H2,1H3,(H,24,25,26). The number of nitrogens with one attached hydrogen (secondary N) is 2. The highest BCUT2D eigenvalue weighted by atomic mass is 35.5. The van der Waals surface area contributed by atoms with E-state index in [0.717, 1.165) is 12.1 Å². The summed E-state index contributed by atoms with van der Waals surface area (Å²) in [7, 11) is 0. The summed E-state index contributed by atoms with van der Waals surface area (Å²) >= 11 is 6.46. The van der Waals surface area contributed by atoms with Crippen LogP contribution in [0.1, 0.15) is 18.3 Å². The van der Waals surface area contributed by atoms with Crippen LogP contribution in [0.5, 0.6) is 0 Å². The fourth-order valence-corrected chi connectivity index (χ4v) is 2.92. The number of H-pyrrole nitrogens is 1. The summed E-state index contributed by atoms with van der Waals surface area (Å²) in [5.74, 6) is 0.151. The number of ether oxygens (including phenoxy) is 1. The lowest BCUT2D eigenvalue weighted by Gasteiger charge is -2.31. The Balaban J connectivity index is 2.04. The third-order valence-electron chi connectivity index (χ3n) is 3.82. The largest absolute Gasteiger partial charge is 0.416 e. The van der Waals surface area contributed by atoms with Gasteiger partial charge in [0, 0.05) is 24.4 Å². The number of aromatic nitrogens is 2. The van der Waals surface area contributed by atoms with Gasteiger partial charge in [-0.3, -0.25) is 4.79 Å². The van der Waals surface area contributed by atoms with Crippen LogP contribution >= 0.6 is 11.6 Å². The quantitative estimate of drug-likeness (QED) is 0.607. The van der Waals surface area contributed by atoms with Crippen molar-refractivity contribution in [3.8, 4) is 11.3 Å². The Labute approximate surface area is 157 Å².